The van der Waals surface area contributed by atoms with Crippen LogP contribution in [0, 0.1) is 0 Å². The Morgan fingerprint density at radius 1 is 1.31 bits per heavy atom. The Labute approximate surface area is 198 Å². The van der Waals surface area contributed by atoms with E-state index in [0.717, 1.165) is 39.7 Å². The molecule has 3 aliphatic heterocycles. The fourth-order valence-corrected chi connectivity index (χ4v) is 5.18. The summed E-state index contributed by atoms with van der Waals surface area (Å²) < 4.78 is 0.830. The first-order chi connectivity index (χ1) is 15.4. The van der Waals surface area contributed by atoms with Crippen molar-refractivity contribution in [2.24, 2.45) is 0 Å². The number of pyridine rings is 1. The summed E-state index contributed by atoms with van der Waals surface area (Å²) in [5.41, 5.74) is 3.32. The van der Waals surface area contributed by atoms with Crippen LogP contribution in [0.3, 0.4) is 0 Å². The van der Waals surface area contributed by atoms with Gasteiger partial charge in [0.05, 0.1) is 12.0 Å². The Bertz CT molecular complexity index is 952. The number of hydrogen-bond acceptors (Lipinski definition) is 5. The number of unbranched alkanes of at least 4 members (excludes halogenated alkanes) is 2. The minimum absolute atomic E-state index is 0.0221. The summed E-state index contributed by atoms with van der Waals surface area (Å²) in [6, 6.07) is 1.82. The van der Waals surface area contributed by atoms with Gasteiger partial charge in [-0.2, -0.15) is 0 Å². The van der Waals surface area contributed by atoms with Crippen molar-refractivity contribution in [1.82, 2.24) is 20.5 Å². The summed E-state index contributed by atoms with van der Waals surface area (Å²) in [5.74, 6) is 0.0337. The van der Waals surface area contributed by atoms with Crippen LogP contribution in [0.4, 0.5) is 5.82 Å². The zero-order valence-corrected chi connectivity index (χ0v) is 20.4. The fourth-order valence-electron chi connectivity index (χ4n) is 4.83. The molecule has 0 spiro atoms. The number of carbonyl (C=O) groups excluding carboxylic acids is 2. The maximum Gasteiger partial charge on any atom is 0.249 e. The molecule has 172 valence electrons. The van der Waals surface area contributed by atoms with Gasteiger partial charge in [-0.05, 0) is 92.8 Å². The van der Waals surface area contributed by atoms with Crippen molar-refractivity contribution in [2.75, 3.05) is 31.5 Å². The molecule has 4 heterocycles. The van der Waals surface area contributed by atoms with Crippen molar-refractivity contribution in [2.45, 2.75) is 57.9 Å². The lowest BCUT2D eigenvalue weighted by Gasteiger charge is -2.14. The van der Waals surface area contributed by atoms with E-state index in [0.29, 0.717) is 12.4 Å². The van der Waals surface area contributed by atoms with Crippen LogP contribution >= 0.6 is 15.9 Å². The molecule has 0 bridgehead atoms. The number of allylic oxidation sites excluding steroid dienone is 1. The number of nitrogens with zero attached hydrogens (tertiary/aromatic N) is 2. The van der Waals surface area contributed by atoms with E-state index >= 15 is 0 Å². The molecule has 0 aromatic carbocycles. The van der Waals surface area contributed by atoms with Gasteiger partial charge in [0, 0.05) is 34.0 Å². The van der Waals surface area contributed by atoms with Gasteiger partial charge in [-0.1, -0.05) is 6.42 Å². The Morgan fingerprint density at radius 2 is 2.09 bits per heavy atom. The van der Waals surface area contributed by atoms with Crippen LogP contribution in [0.15, 0.2) is 39.7 Å². The van der Waals surface area contributed by atoms with E-state index in [2.05, 4.69) is 41.8 Å². The van der Waals surface area contributed by atoms with Crippen molar-refractivity contribution in [3.8, 4) is 0 Å². The highest BCUT2D eigenvalue weighted by atomic mass is 79.9. The molecule has 3 aliphatic rings. The van der Waals surface area contributed by atoms with E-state index in [4.69, 9.17) is 0 Å². The second kappa shape index (κ2) is 10.2. The lowest BCUT2D eigenvalue weighted by Crippen LogP contribution is -2.32. The second-order valence-electron chi connectivity index (χ2n) is 8.91. The van der Waals surface area contributed by atoms with Gasteiger partial charge >= 0.3 is 0 Å². The molecule has 0 aliphatic carbocycles. The van der Waals surface area contributed by atoms with Crippen LogP contribution in [0.2, 0.25) is 0 Å². The van der Waals surface area contributed by atoms with Gasteiger partial charge in [0.1, 0.15) is 5.82 Å². The van der Waals surface area contributed by atoms with E-state index < -0.39 is 5.92 Å². The second-order valence-corrected chi connectivity index (χ2v) is 9.82. The number of carbonyl (C=O) groups is 2. The molecular formula is C24H32BrN5O2. The van der Waals surface area contributed by atoms with Crippen LogP contribution < -0.4 is 16.0 Å². The average molecular weight is 502 g/mol. The van der Waals surface area contributed by atoms with Crippen molar-refractivity contribution in [3.63, 3.8) is 0 Å². The number of nitrogens with one attached hydrogen (secondary N) is 3. The van der Waals surface area contributed by atoms with Crippen LogP contribution in [-0.2, 0) is 9.59 Å². The zero-order valence-electron chi connectivity index (χ0n) is 18.8. The number of anilines is 1. The summed E-state index contributed by atoms with van der Waals surface area (Å²) in [6.45, 7) is 8.28. The van der Waals surface area contributed by atoms with E-state index in [-0.39, 0.29) is 17.9 Å². The summed E-state index contributed by atoms with van der Waals surface area (Å²) in [5, 5.41) is 9.29. The van der Waals surface area contributed by atoms with Crippen molar-refractivity contribution >= 4 is 33.6 Å². The first-order valence-electron chi connectivity index (χ1n) is 11.6. The first-order valence-corrected chi connectivity index (χ1v) is 12.4. The number of likely N-dealkylation sites (tertiary alicyclic amines) is 1. The maximum absolute atomic E-state index is 12.9. The highest BCUT2D eigenvalue weighted by Crippen LogP contribution is 2.36. The predicted molar refractivity (Wildman–Crippen MR) is 129 cm³/mol. The molecule has 0 saturated carbocycles. The Morgan fingerprint density at radius 3 is 2.88 bits per heavy atom. The highest BCUT2D eigenvalue weighted by Gasteiger charge is 2.33. The molecule has 8 heteroatoms. The van der Waals surface area contributed by atoms with Gasteiger partial charge in [-0.15, -0.1) is 0 Å². The lowest BCUT2D eigenvalue weighted by molar-refractivity contribution is -0.118. The monoisotopic (exact) mass is 501 g/mol. The number of amides is 2. The smallest absolute Gasteiger partial charge is 0.249 e. The van der Waals surface area contributed by atoms with Gasteiger partial charge in [-0.3, -0.25) is 9.59 Å². The van der Waals surface area contributed by atoms with Gasteiger partial charge in [0.15, 0.2) is 0 Å². The molecule has 4 rings (SSSR count). The Kier molecular flexibility index (Phi) is 7.30. The topological polar surface area (TPSA) is 86.4 Å². The predicted octanol–water partition coefficient (Wildman–Crippen LogP) is 3.45. The van der Waals surface area contributed by atoms with Crippen molar-refractivity contribution < 1.29 is 9.59 Å². The number of hydrogen-bond donors (Lipinski definition) is 3. The molecule has 7 nitrogen and oxygen atoms in total. The summed E-state index contributed by atoms with van der Waals surface area (Å²) in [7, 11) is 0. The largest absolute Gasteiger partial charge is 0.378 e. The fraction of sp³-hybridized carbons (Fsp3) is 0.542. The number of halogens is 1. The van der Waals surface area contributed by atoms with Crippen LogP contribution in [-0.4, -0.2) is 53.9 Å². The summed E-state index contributed by atoms with van der Waals surface area (Å²) >= 11 is 3.43. The van der Waals surface area contributed by atoms with Gasteiger partial charge < -0.3 is 20.9 Å². The zero-order chi connectivity index (χ0) is 22.7. The molecule has 1 fully saturated rings. The third-order valence-corrected chi connectivity index (χ3v) is 7.00. The number of fused-ring (bicyclic) bond motifs is 1. The van der Waals surface area contributed by atoms with Crippen LogP contribution in [0.5, 0.6) is 0 Å². The standard InChI is InChI=1S/C24H32BrN5O2/c1-15-20(13-19-18-12-17(25)14-27-22(18)29-23(19)31)28-16(2)21(15)24(32)26-8-4-3-5-9-30-10-6-7-11-30/h12-14,16,19,28H,3-11H2,1-2H3,(H,26,32)(H,27,29,31)/b20-13-. The van der Waals surface area contributed by atoms with Gasteiger partial charge in [0.25, 0.3) is 0 Å². The maximum atomic E-state index is 12.9. The molecule has 1 aromatic rings. The van der Waals surface area contributed by atoms with E-state index in [9.17, 15) is 9.59 Å². The van der Waals surface area contributed by atoms with E-state index in [1.54, 1.807) is 6.20 Å². The summed E-state index contributed by atoms with van der Waals surface area (Å²) in [4.78, 5) is 32.2. The molecule has 1 saturated heterocycles. The average Bonchev–Trinajstić information content (AvgIpc) is 3.44. The molecule has 3 N–H and O–H groups in total. The number of rotatable bonds is 8. The van der Waals surface area contributed by atoms with Gasteiger partial charge in [0.2, 0.25) is 11.8 Å². The SMILES string of the molecule is CC1=C(C(=O)NCCCCCN2CCCC2)C(C)N/C1=C\C1C(=O)Nc2ncc(Br)cc21. The van der Waals surface area contributed by atoms with Crippen molar-refractivity contribution in [3.05, 3.63) is 45.2 Å². The quantitative estimate of drug-likeness (QED) is 0.475. The molecule has 1 aromatic heterocycles. The van der Waals surface area contributed by atoms with Crippen LogP contribution in [0.25, 0.3) is 0 Å². The van der Waals surface area contributed by atoms with E-state index in [1.807, 2.05) is 26.0 Å². The highest BCUT2D eigenvalue weighted by molar-refractivity contribution is 9.10. The molecule has 2 unspecified atom stereocenters. The summed E-state index contributed by atoms with van der Waals surface area (Å²) in [6.07, 6.45) is 9.56. The Hall–Kier alpha value is -2.19. The number of aromatic nitrogens is 1. The molecule has 32 heavy (non-hydrogen) atoms. The third kappa shape index (κ3) is 5.07. The van der Waals surface area contributed by atoms with Crippen molar-refractivity contribution in [1.29, 1.82) is 0 Å². The molecule has 2 atom stereocenters. The van der Waals surface area contributed by atoms with Crippen LogP contribution in [0.1, 0.15) is 57.4 Å². The third-order valence-electron chi connectivity index (χ3n) is 6.57. The molecular weight excluding hydrogens is 470 g/mol. The Balaban J connectivity index is 1.34. The van der Waals surface area contributed by atoms with Gasteiger partial charge in [-0.25, -0.2) is 4.98 Å². The molecule has 2 amide bonds. The first kappa shape index (κ1) is 23.0. The normalized spacial score (nSPS) is 24.1. The minimum atomic E-state index is -0.433. The minimum Gasteiger partial charge on any atom is -0.378 e. The molecule has 0 radical (unpaired) electrons. The lowest BCUT2D eigenvalue weighted by atomic mass is 9.99. The van der Waals surface area contributed by atoms with E-state index in [1.165, 1.54) is 38.9 Å².